The Morgan fingerprint density at radius 2 is 2.00 bits per heavy atom. The van der Waals surface area contributed by atoms with Crippen LogP contribution in [0, 0.1) is 6.92 Å². The fourth-order valence-electron chi connectivity index (χ4n) is 2.20. The molecule has 1 heterocycles. The zero-order chi connectivity index (χ0) is 18.7. The van der Waals surface area contributed by atoms with Gasteiger partial charge in [0, 0.05) is 16.9 Å². The van der Waals surface area contributed by atoms with Gasteiger partial charge in [-0.3, -0.25) is 4.79 Å². The minimum absolute atomic E-state index is 0.0868. The third-order valence-corrected chi connectivity index (χ3v) is 4.63. The number of ether oxygens (including phenoxy) is 1. The molecule has 5 nitrogen and oxygen atoms in total. The molecule has 0 radical (unpaired) electrons. The van der Waals surface area contributed by atoms with E-state index in [2.05, 4.69) is 10.4 Å². The van der Waals surface area contributed by atoms with Gasteiger partial charge in [-0.25, -0.2) is 4.68 Å². The molecular weight excluding hydrogens is 397 g/mol. The predicted molar refractivity (Wildman–Crippen MR) is 103 cm³/mol. The zero-order valence-corrected chi connectivity index (χ0v) is 15.9. The van der Waals surface area contributed by atoms with Gasteiger partial charge in [0.2, 0.25) is 0 Å². The largest absolute Gasteiger partial charge is 0.470 e. The Balaban J connectivity index is 1.66. The number of halogens is 3. The lowest BCUT2D eigenvalue weighted by Gasteiger charge is -2.09. The monoisotopic (exact) mass is 409 g/mol. The van der Waals surface area contributed by atoms with Crippen molar-refractivity contribution in [2.75, 3.05) is 5.32 Å². The van der Waals surface area contributed by atoms with Crippen LogP contribution in [0.25, 0.3) is 0 Å². The lowest BCUT2D eigenvalue weighted by molar-refractivity contribution is 0.102. The third kappa shape index (κ3) is 4.30. The van der Waals surface area contributed by atoms with Gasteiger partial charge >= 0.3 is 0 Å². The van der Waals surface area contributed by atoms with Crippen LogP contribution in [0.15, 0.2) is 48.7 Å². The molecular formula is C18H14Cl3N3O2. The first-order valence-corrected chi connectivity index (χ1v) is 8.75. The first-order valence-electron chi connectivity index (χ1n) is 7.62. The second-order valence-corrected chi connectivity index (χ2v) is 6.70. The molecule has 0 saturated heterocycles. The van der Waals surface area contributed by atoms with Gasteiger partial charge in [-0.2, -0.15) is 5.10 Å². The molecule has 0 spiro atoms. The standard InChI is InChI=1S/C18H14Cl3N3O2/c1-11-5-6-12(19)9-15(11)22-18(25)14-7-8-24(23-14)10-26-16-4-2-3-13(20)17(16)21/h2-9H,10H2,1H3,(H,22,25). The lowest BCUT2D eigenvalue weighted by atomic mass is 10.2. The molecule has 1 aromatic heterocycles. The summed E-state index contributed by atoms with van der Waals surface area (Å²) in [6.07, 6.45) is 1.64. The van der Waals surface area contributed by atoms with E-state index >= 15 is 0 Å². The van der Waals surface area contributed by atoms with Crippen molar-refractivity contribution in [2.45, 2.75) is 13.7 Å². The van der Waals surface area contributed by atoms with E-state index < -0.39 is 0 Å². The van der Waals surface area contributed by atoms with Crippen LogP contribution in [-0.2, 0) is 6.73 Å². The van der Waals surface area contributed by atoms with Crippen molar-refractivity contribution in [3.8, 4) is 5.75 Å². The number of hydrogen-bond donors (Lipinski definition) is 1. The number of anilines is 1. The summed E-state index contributed by atoms with van der Waals surface area (Å²) in [6, 6.07) is 12.0. The molecule has 3 aromatic rings. The molecule has 0 fully saturated rings. The highest BCUT2D eigenvalue weighted by Crippen LogP contribution is 2.31. The summed E-state index contributed by atoms with van der Waals surface area (Å²) in [5.74, 6) is 0.102. The molecule has 1 amide bonds. The van der Waals surface area contributed by atoms with E-state index in [1.165, 1.54) is 4.68 Å². The highest BCUT2D eigenvalue weighted by Gasteiger charge is 2.12. The molecule has 0 aliphatic heterocycles. The normalized spacial score (nSPS) is 10.6. The first kappa shape index (κ1) is 18.6. The highest BCUT2D eigenvalue weighted by atomic mass is 35.5. The Bertz CT molecular complexity index is 957. The summed E-state index contributed by atoms with van der Waals surface area (Å²) in [5, 5.41) is 8.27. The maximum Gasteiger partial charge on any atom is 0.276 e. The minimum Gasteiger partial charge on any atom is -0.470 e. The maximum atomic E-state index is 12.4. The molecule has 0 aliphatic carbocycles. The summed E-state index contributed by atoms with van der Waals surface area (Å²) < 4.78 is 7.07. The number of amides is 1. The molecule has 0 unspecified atom stereocenters. The van der Waals surface area contributed by atoms with Crippen molar-refractivity contribution in [1.29, 1.82) is 0 Å². The smallest absolute Gasteiger partial charge is 0.276 e. The van der Waals surface area contributed by atoms with Gasteiger partial charge in [0.15, 0.2) is 12.4 Å². The Hall–Kier alpha value is -2.21. The number of hydrogen-bond acceptors (Lipinski definition) is 3. The van der Waals surface area contributed by atoms with Gasteiger partial charge < -0.3 is 10.1 Å². The summed E-state index contributed by atoms with van der Waals surface area (Å²) in [6.45, 7) is 1.97. The van der Waals surface area contributed by atoms with Gasteiger partial charge in [0.1, 0.15) is 10.8 Å². The SMILES string of the molecule is Cc1ccc(Cl)cc1NC(=O)c1ccn(COc2cccc(Cl)c2Cl)n1. The molecule has 0 aliphatic rings. The molecule has 0 atom stereocenters. The van der Waals surface area contributed by atoms with Gasteiger partial charge in [-0.05, 0) is 42.8 Å². The molecule has 8 heteroatoms. The average molecular weight is 411 g/mol. The molecule has 134 valence electrons. The van der Waals surface area contributed by atoms with Crippen LogP contribution in [0.4, 0.5) is 5.69 Å². The fraction of sp³-hybridized carbons (Fsp3) is 0.111. The Labute approximate surface area is 165 Å². The number of aromatic nitrogens is 2. The van der Waals surface area contributed by atoms with Crippen LogP contribution >= 0.6 is 34.8 Å². The minimum atomic E-state index is -0.338. The van der Waals surface area contributed by atoms with Crippen LogP contribution in [-0.4, -0.2) is 15.7 Å². The number of aryl methyl sites for hydroxylation is 1. The summed E-state index contributed by atoms with van der Waals surface area (Å²) >= 11 is 18.0. The van der Waals surface area contributed by atoms with Crippen molar-refractivity contribution < 1.29 is 9.53 Å². The summed E-state index contributed by atoms with van der Waals surface area (Å²) in [4.78, 5) is 12.4. The van der Waals surface area contributed by atoms with Crippen LogP contribution in [0.1, 0.15) is 16.1 Å². The Morgan fingerprint density at radius 1 is 1.19 bits per heavy atom. The molecule has 2 aromatic carbocycles. The molecule has 26 heavy (non-hydrogen) atoms. The number of carbonyl (C=O) groups excluding carboxylic acids is 1. The van der Waals surface area contributed by atoms with Crippen LogP contribution < -0.4 is 10.1 Å². The van der Waals surface area contributed by atoms with Crippen molar-refractivity contribution in [2.24, 2.45) is 0 Å². The second kappa shape index (κ2) is 7.99. The van der Waals surface area contributed by atoms with Crippen LogP contribution in [0.2, 0.25) is 15.1 Å². The van der Waals surface area contributed by atoms with E-state index in [1.807, 2.05) is 13.0 Å². The average Bonchev–Trinajstić information content (AvgIpc) is 3.08. The number of rotatable bonds is 5. The molecule has 0 bridgehead atoms. The van der Waals surface area contributed by atoms with E-state index in [4.69, 9.17) is 39.5 Å². The van der Waals surface area contributed by atoms with Gasteiger partial charge in [0.05, 0.1) is 5.02 Å². The van der Waals surface area contributed by atoms with E-state index in [-0.39, 0.29) is 18.3 Å². The Morgan fingerprint density at radius 3 is 2.81 bits per heavy atom. The molecule has 1 N–H and O–H groups in total. The van der Waals surface area contributed by atoms with Crippen molar-refractivity contribution >= 4 is 46.4 Å². The second-order valence-electron chi connectivity index (χ2n) is 5.48. The number of benzene rings is 2. The van der Waals surface area contributed by atoms with Gasteiger partial charge in [-0.1, -0.05) is 46.9 Å². The number of nitrogens with one attached hydrogen (secondary N) is 1. The van der Waals surface area contributed by atoms with Gasteiger partial charge in [0.25, 0.3) is 5.91 Å². The summed E-state index contributed by atoms with van der Waals surface area (Å²) in [5.41, 5.74) is 1.80. The van der Waals surface area contributed by atoms with Crippen molar-refractivity contribution in [3.63, 3.8) is 0 Å². The van der Waals surface area contributed by atoms with E-state index in [0.717, 1.165) is 5.56 Å². The lowest BCUT2D eigenvalue weighted by Crippen LogP contribution is -2.15. The molecule has 3 rings (SSSR count). The van der Waals surface area contributed by atoms with E-state index in [9.17, 15) is 4.79 Å². The number of nitrogens with zero attached hydrogens (tertiary/aromatic N) is 2. The van der Waals surface area contributed by atoms with Crippen molar-refractivity contribution in [3.05, 3.63) is 75.0 Å². The van der Waals surface area contributed by atoms with Gasteiger partial charge in [-0.15, -0.1) is 0 Å². The van der Waals surface area contributed by atoms with E-state index in [0.29, 0.717) is 26.5 Å². The first-order chi connectivity index (χ1) is 12.4. The van der Waals surface area contributed by atoms with Crippen LogP contribution in [0.3, 0.4) is 0 Å². The quantitative estimate of drug-likeness (QED) is 0.609. The maximum absolute atomic E-state index is 12.4. The topological polar surface area (TPSA) is 56.2 Å². The predicted octanol–water partition coefficient (Wildman–Crippen LogP) is 5.44. The Kier molecular flexibility index (Phi) is 5.71. The van der Waals surface area contributed by atoms with Crippen molar-refractivity contribution in [1.82, 2.24) is 9.78 Å². The summed E-state index contributed by atoms with van der Waals surface area (Å²) in [7, 11) is 0. The zero-order valence-electron chi connectivity index (χ0n) is 13.7. The fourth-order valence-corrected chi connectivity index (χ4v) is 2.72. The van der Waals surface area contributed by atoms with Crippen LogP contribution in [0.5, 0.6) is 5.75 Å². The van der Waals surface area contributed by atoms with E-state index in [1.54, 1.807) is 42.6 Å². The highest BCUT2D eigenvalue weighted by molar-refractivity contribution is 6.42. The molecule has 0 saturated carbocycles. The third-order valence-electron chi connectivity index (χ3n) is 3.59. The number of carbonyl (C=O) groups is 1.